The fourth-order valence-corrected chi connectivity index (χ4v) is 3.22. The number of hydrogen-bond donors (Lipinski definition) is 2. The van der Waals surface area contributed by atoms with Crippen LogP contribution in [-0.4, -0.2) is 16.2 Å². The van der Waals surface area contributed by atoms with E-state index in [4.69, 9.17) is 0 Å². The van der Waals surface area contributed by atoms with Gasteiger partial charge >= 0.3 is 5.97 Å². The molecular formula is C22H36O3. The molecule has 0 heterocycles. The van der Waals surface area contributed by atoms with Gasteiger partial charge in [0.15, 0.2) is 0 Å². The van der Waals surface area contributed by atoms with E-state index in [0.29, 0.717) is 12.8 Å². The third kappa shape index (κ3) is 9.06. The van der Waals surface area contributed by atoms with Crippen LogP contribution in [0.15, 0.2) is 24.3 Å². The summed E-state index contributed by atoms with van der Waals surface area (Å²) in [5.74, 6) is -1.06. The lowest BCUT2D eigenvalue weighted by molar-refractivity contribution is -0.142. The van der Waals surface area contributed by atoms with Crippen LogP contribution in [0.3, 0.4) is 0 Å². The first kappa shape index (κ1) is 21.7. The van der Waals surface area contributed by atoms with E-state index in [1.807, 2.05) is 12.1 Å². The molecule has 3 nitrogen and oxygen atoms in total. The molecule has 0 spiro atoms. The lowest BCUT2D eigenvalue weighted by Gasteiger charge is -2.16. The summed E-state index contributed by atoms with van der Waals surface area (Å²) in [5, 5.41) is 19.7. The zero-order chi connectivity index (χ0) is 18.5. The third-order valence-electron chi connectivity index (χ3n) is 4.98. The average Bonchev–Trinajstić information content (AvgIpc) is 2.61. The van der Waals surface area contributed by atoms with Crippen molar-refractivity contribution in [2.45, 2.75) is 90.6 Å². The lowest BCUT2D eigenvalue weighted by atomic mass is 9.92. The first-order chi connectivity index (χ1) is 12.1. The van der Waals surface area contributed by atoms with E-state index < -0.39 is 12.1 Å². The second-order valence-electron chi connectivity index (χ2n) is 7.18. The Morgan fingerprint density at radius 1 is 0.880 bits per heavy atom. The van der Waals surface area contributed by atoms with Crippen molar-refractivity contribution < 1.29 is 15.0 Å². The number of aliphatic carboxylic acids is 1. The van der Waals surface area contributed by atoms with Gasteiger partial charge in [-0.05, 0) is 43.2 Å². The van der Waals surface area contributed by atoms with Gasteiger partial charge in [0.25, 0.3) is 0 Å². The number of benzene rings is 1. The topological polar surface area (TPSA) is 57.5 Å². The molecule has 0 radical (unpaired) electrons. The van der Waals surface area contributed by atoms with Crippen molar-refractivity contribution in [1.82, 2.24) is 0 Å². The zero-order valence-electron chi connectivity index (χ0n) is 16.0. The van der Waals surface area contributed by atoms with E-state index in [-0.39, 0.29) is 5.92 Å². The van der Waals surface area contributed by atoms with Crippen molar-refractivity contribution in [2.24, 2.45) is 5.92 Å². The van der Waals surface area contributed by atoms with Crippen molar-refractivity contribution in [3.05, 3.63) is 35.4 Å². The van der Waals surface area contributed by atoms with E-state index in [2.05, 4.69) is 26.0 Å². The number of aryl methyl sites for hydroxylation is 1. The van der Waals surface area contributed by atoms with Crippen LogP contribution >= 0.6 is 0 Å². The molecule has 2 unspecified atom stereocenters. The number of unbranched alkanes of at least 4 members (excludes halogenated alkanes) is 5. The standard InChI is InChI=1S/C22H36O3/c1-3-5-7-9-11-20(22(24)25)16-17-21(23)19-14-12-18(13-15-19)10-8-6-4-2/h12-15,20-21,23H,3-11,16-17H2,1-2H3,(H,24,25). The molecule has 2 N–H and O–H groups in total. The second kappa shape index (κ2) is 12.9. The first-order valence-electron chi connectivity index (χ1n) is 10.1. The van der Waals surface area contributed by atoms with Gasteiger partial charge in [-0.2, -0.15) is 0 Å². The predicted octanol–water partition coefficient (Wildman–Crippen LogP) is 5.90. The van der Waals surface area contributed by atoms with Gasteiger partial charge in [-0.15, -0.1) is 0 Å². The molecule has 25 heavy (non-hydrogen) atoms. The van der Waals surface area contributed by atoms with E-state index in [0.717, 1.165) is 37.7 Å². The van der Waals surface area contributed by atoms with Gasteiger partial charge in [0, 0.05) is 0 Å². The van der Waals surface area contributed by atoms with Crippen molar-refractivity contribution in [3.8, 4) is 0 Å². The van der Waals surface area contributed by atoms with Crippen LogP contribution in [0.4, 0.5) is 0 Å². The maximum Gasteiger partial charge on any atom is 0.306 e. The van der Waals surface area contributed by atoms with E-state index in [9.17, 15) is 15.0 Å². The van der Waals surface area contributed by atoms with Crippen molar-refractivity contribution in [2.75, 3.05) is 0 Å². The normalized spacial score (nSPS) is 13.6. The lowest BCUT2D eigenvalue weighted by Crippen LogP contribution is -2.15. The average molecular weight is 349 g/mol. The van der Waals surface area contributed by atoms with Gasteiger partial charge in [0.05, 0.1) is 12.0 Å². The van der Waals surface area contributed by atoms with Crippen LogP contribution in [0.2, 0.25) is 0 Å². The molecular weight excluding hydrogens is 312 g/mol. The summed E-state index contributed by atoms with van der Waals surface area (Å²) in [4.78, 5) is 11.4. The van der Waals surface area contributed by atoms with E-state index in [1.165, 1.54) is 31.2 Å². The summed E-state index contributed by atoms with van der Waals surface area (Å²) in [6.07, 6.45) is 10.4. The Balaban J connectivity index is 2.42. The van der Waals surface area contributed by atoms with Gasteiger partial charge < -0.3 is 10.2 Å². The molecule has 0 aliphatic carbocycles. The molecule has 0 amide bonds. The highest BCUT2D eigenvalue weighted by Gasteiger charge is 2.19. The monoisotopic (exact) mass is 348 g/mol. The molecule has 0 fully saturated rings. The van der Waals surface area contributed by atoms with Crippen molar-refractivity contribution in [1.29, 1.82) is 0 Å². The molecule has 2 atom stereocenters. The highest BCUT2D eigenvalue weighted by Crippen LogP contribution is 2.24. The third-order valence-corrected chi connectivity index (χ3v) is 4.98. The fourth-order valence-electron chi connectivity index (χ4n) is 3.22. The first-order valence-corrected chi connectivity index (χ1v) is 10.1. The van der Waals surface area contributed by atoms with Crippen molar-refractivity contribution >= 4 is 5.97 Å². The Bertz CT molecular complexity index is 467. The molecule has 142 valence electrons. The van der Waals surface area contributed by atoms with Gasteiger partial charge in [0.2, 0.25) is 0 Å². The Morgan fingerprint density at radius 2 is 1.52 bits per heavy atom. The minimum absolute atomic E-state index is 0.333. The summed E-state index contributed by atoms with van der Waals surface area (Å²) >= 11 is 0. The number of carboxylic acids is 1. The highest BCUT2D eigenvalue weighted by molar-refractivity contribution is 5.69. The fraction of sp³-hybridized carbons (Fsp3) is 0.682. The number of carbonyl (C=O) groups is 1. The van der Waals surface area contributed by atoms with Crippen LogP contribution in [-0.2, 0) is 11.2 Å². The number of carboxylic acid groups (broad SMARTS) is 1. The minimum Gasteiger partial charge on any atom is -0.481 e. The van der Waals surface area contributed by atoms with Crippen LogP contribution in [0, 0.1) is 5.92 Å². The smallest absolute Gasteiger partial charge is 0.306 e. The molecule has 0 bridgehead atoms. The molecule has 0 saturated carbocycles. The van der Waals surface area contributed by atoms with Gasteiger partial charge in [0.1, 0.15) is 0 Å². The van der Waals surface area contributed by atoms with Gasteiger partial charge in [-0.1, -0.05) is 76.6 Å². The summed E-state index contributed by atoms with van der Waals surface area (Å²) in [5.41, 5.74) is 2.21. The van der Waals surface area contributed by atoms with Crippen LogP contribution in [0.1, 0.15) is 95.3 Å². The number of aliphatic hydroxyl groups excluding tert-OH is 1. The van der Waals surface area contributed by atoms with Crippen LogP contribution in [0.5, 0.6) is 0 Å². The zero-order valence-corrected chi connectivity index (χ0v) is 16.0. The Morgan fingerprint density at radius 3 is 2.12 bits per heavy atom. The maximum absolute atomic E-state index is 11.4. The second-order valence-corrected chi connectivity index (χ2v) is 7.18. The van der Waals surface area contributed by atoms with Gasteiger partial charge in [-0.3, -0.25) is 4.79 Å². The summed E-state index contributed by atoms with van der Waals surface area (Å²) in [7, 11) is 0. The van der Waals surface area contributed by atoms with E-state index >= 15 is 0 Å². The largest absolute Gasteiger partial charge is 0.481 e. The summed E-state index contributed by atoms with van der Waals surface area (Å²) in [6.45, 7) is 4.35. The molecule has 0 aliphatic rings. The summed E-state index contributed by atoms with van der Waals surface area (Å²) < 4.78 is 0. The number of hydrogen-bond acceptors (Lipinski definition) is 2. The van der Waals surface area contributed by atoms with Crippen LogP contribution in [0.25, 0.3) is 0 Å². The molecule has 1 aromatic rings. The Labute approximate surface area is 153 Å². The van der Waals surface area contributed by atoms with Crippen LogP contribution < -0.4 is 0 Å². The minimum atomic E-state index is -0.727. The van der Waals surface area contributed by atoms with Crippen molar-refractivity contribution in [3.63, 3.8) is 0 Å². The predicted molar refractivity (Wildman–Crippen MR) is 104 cm³/mol. The molecule has 0 aromatic heterocycles. The molecule has 0 aliphatic heterocycles. The molecule has 1 rings (SSSR count). The Kier molecular flexibility index (Phi) is 11.2. The van der Waals surface area contributed by atoms with Gasteiger partial charge in [-0.25, -0.2) is 0 Å². The summed E-state index contributed by atoms with van der Waals surface area (Å²) in [6, 6.07) is 8.16. The molecule has 3 heteroatoms. The number of aliphatic hydroxyl groups is 1. The molecule has 0 saturated heterocycles. The maximum atomic E-state index is 11.4. The molecule has 1 aromatic carbocycles. The Hall–Kier alpha value is -1.35. The number of rotatable bonds is 14. The quantitative estimate of drug-likeness (QED) is 0.411. The highest BCUT2D eigenvalue weighted by atomic mass is 16.4. The SMILES string of the molecule is CCCCCCC(CCC(O)c1ccc(CCCCC)cc1)C(=O)O. The van der Waals surface area contributed by atoms with E-state index in [1.54, 1.807) is 0 Å².